The number of aryl methyl sites for hydroxylation is 2. The molecule has 0 unspecified atom stereocenters. The molecule has 0 saturated carbocycles. The summed E-state index contributed by atoms with van der Waals surface area (Å²) in [5, 5.41) is 7.47. The van der Waals surface area contributed by atoms with Crippen LogP contribution < -0.4 is 0 Å². The standard InChI is InChI=1S/C25H31N3O3S/c1-20-12-14-23(15-13-20)32(30,31)18-16-25(29)28(2)17-8-4-7-11-22-19-24(27-26-22)21-9-5-3-6-10-21/h3,5-6,9-10,12-15,19H,4,7-8,11,16-18H2,1-2H3,(H,26,27). The third-order valence-electron chi connectivity index (χ3n) is 5.53. The van der Waals surface area contributed by atoms with Gasteiger partial charge in [0.15, 0.2) is 9.84 Å². The zero-order valence-corrected chi connectivity index (χ0v) is 19.6. The molecule has 0 bridgehead atoms. The smallest absolute Gasteiger partial charge is 0.223 e. The van der Waals surface area contributed by atoms with Gasteiger partial charge in [0, 0.05) is 31.3 Å². The minimum Gasteiger partial charge on any atom is -0.346 e. The normalized spacial score (nSPS) is 11.4. The van der Waals surface area contributed by atoms with E-state index in [0.29, 0.717) is 6.54 Å². The summed E-state index contributed by atoms with van der Waals surface area (Å²) in [6.45, 7) is 2.54. The molecule has 32 heavy (non-hydrogen) atoms. The highest BCUT2D eigenvalue weighted by atomic mass is 32.2. The van der Waals surface area contributed by atoms with Crippen molar-refractivity contribution in [3.05, 3.63) is 71.9 Å². The van der Waals surface area contributed by atoms with E-state index in [1.165, 1.54) is 0 Å². The number of nitrogens with one attached hydrogen (secondary N) is 1. The largest absolute Gasteiger partial charge is 0.346 e. The molecule has 3 aromatic rings. The number of nitrogens with zero attached hydrogens (tertiary/aromatic N) is 2. The Morgan fingerprint density at radius 2 is 1.72 bits per heavy atom. The summed E-state index contributed by atoms with van der Waals surface area (Å²) in [6.07, 6.45) is 3.78. The Morgan fingerprint density at radius 3 is 2.44 bits per heavy atom. The average molecular weight is 454 g/mol. The lowest BCUT2D eigenvalue weighted by Gasteiger charge is -2.17. The molecule has 0 fully saturated rings. The number of unbranched alkanes of at least 4 members (excludes halogenated alkanes) is 2. The number of sulfone groups is 1. The second-order valence-corrected chi connectivity index (χ2v) is 10.3. The third-order valence-corrected chi connectivity index (χ3v) is 7.26. The van der Waals surface area contributed by atoms with Gasteiger partial charge in [0.05, 0.1) is 16.3 Å². The molecule has 0 radical (unpaired) electrons. The topological polar surface area (TPSA) is 83.1 Å². The van der Waals surface area contributed by atoms with Gasteiger partial charge in [0.1, 0.15) is 0 Å². The van der Waals surface area contributed by atoms with Crippen molar-refractivity contribution in [2.45, 2.75) is 43.9 Å². The number of hydrogen-bond acceptors (Lipinski definition) is 4. The fraction of sp³-hybridized carbons (Fsp3) is 0.360. The summed E-state index contributed by atoms with van der Waals surface area (Å²) in [6, 6.07) is 18.9. The third kappa shape index (κ3) is 6.79. The maximum atomic E-state index is 12.4. The molecular weight excluding hydrogens is 422 g/mol. The molecule has 1 N–H and O–H groups in total. The Hall–Kier alpha value is -2.93. The van der Waals surface area contributed by atoms with E-state index in [1.807, 2.05) is 37.3 Å². The first kappa shape index (κ1) is 23.7. The SMILES string of the molecule is Cc1ccc(S(=O)(=O)CCC(=O)N(C)CCCCCc2cc(-c3ccccc3)n[nH]2)cc1. The van der Waals surface area contributed by atoms with Gasteiger partial charge < -0.3 is 4.90 Å². The number of aromatic amines is 1. The van der Waals surface area contributed by atoms with Gasteiger partial charge in [-0.3, -0.25) is 9.89 Å². The highest BCUT2D eigenvalue weighted by molar-refractivity contribution is 7.91. The molecule has 6 nitrogen and oxygen atoms in total. The summed E-state index contributed by atoms with van der Waals surface area (Å²) in [5.41, 5.74) is 4.16. The Kier molecular flexibility index (Phi) is 8.22. The van der Waals surface area contributed by atoms with Gasteiger partial charge in [-0.25, -0.2) is 8.42 Å². The number of H-pyrrole nitrogens is 1. The fourth-order valence-corrected chi connectivity index (χ4v) is 4.72. The van der Waals surface area contributed by atoms with E-state index in [1.54, 1.807) is 36.2 Å². The van der Waals surface area contributed by atoms with Crippen molar-refractivity contribution in [1.82, 2.24) is 15.1 Å². The lowest BCUT2D eigenvalue weighted by Crippen LogP contribution is -2.29. The molecular formula is C25H31N3O3S. The Morgan fingerprint density at radius 1 is 1.00 bits per heavy atom. The van der Waals surface area contributed by atoms with Crippen LogP contribution in [0, 0.1) is 6.92 Å². The highest BCUT2D eigenvalue weighted by Crippen LogP contribution is 2.18. The second-order valence-electron chi connectivity index (χ2n) is 8.15. The molecule has 1 heterocycles. The first-order valence-electron chi connectivity index (χ1n) is 11.0. The minimum absolute atomic E-state index is 0.00309. The second kappa shape index (κ2) is 11.1. The van der Waals surface area contributed by atoms with Crippen LogP contribution in [0.1, 0.15) is 36.9 Å². The van der Waals surface area contributed by atoms with Crippen molar-refractivity contribution in [3.63, 3.8) is 0 Å². The quantitative estimate of drug-likeness (QED) is 0.436. The van der Waals surface area contributed by atoms with Crippen LogP contribution in [0.4, 0.5) is 0 Å². The predicted molar refractivity (Wildman–Crippen MR) is 127 cm³/mol. The van der Waals surface area contributed by atoms with Gasteiger partial charge in [-0.1, -0.05) is 54.4 Å². The lowest BCUT2D eigenvalue weighted by atomic mass is 10.1. The number of amides is 1. The van der Waals surface area contributed by atoms with Crippen molar-refractivity contribution in [1.29, 1.82) is 0 Å². The Labute approximate surface area is 190 Å². The van der Waals surface area contributed by atoms with Crippen LogP contribution in [0.15, 0.2) is 65.6 Å². The molecule has 1 amide bonds. The number of benzene rings is 2. The zero-order valence-electron chi connectivity index (χ0n) is 18.8. The van der Waals surface area contributed by atoms with Crippen molar-refractivity contribution in [2.75, 3.05) is 19.3 Å². The van der Waals surface area contributed by atoms with Gasteiger partial charge in [0.2, 0.25) is 5.91 Å². The molecule has 0 aliphatic carbocycles. The number of aromatic nitrogens is 2. The van der Waals surface area contributed by atoms with E-state index in [4.69, 9.17) is 0 Å². The van der Waals surface area contributed by atoms with E-state index >= 15 is 0 Å². The molecule has 0 atom stereocenters. The first-order valence-corrected chi connectivity index (χ1v) is 12.6. The van der Waals surface area contributed by atoms with Gasteiger partial charge in [-0.05, 0) is 44.4 Å². The molecule has 1 aromatic heterocycles. The minimum atomic E-state index is -3.44. The summed E-state index contributed by atoms with van der Waals surface area (Å²) in [7, 11) is -1.70. The van der Waals surface area contributed by atoms with E-state index in [2.05, 4.69) is 16.3 Å². The van der Waals surface area contributed by atoms with E-state index < -0.39 is 9.84 Å². The lowest BCUT2D eigenvalue weighted by molar-refractivity contribution is -0.129. The molecule has 3 rings (SSSR count). The van der Waals surface area contributed by atoms with Gasteiger partial charge in [0.25, 0.3) is 0 Å². The molecule has 0 aliphatic rings. The maximum Gasteiger partial charge on any atom is 0.223 e. The van der Waals surface area contributed by atoms with Crippen molar-refractivity contribution < 1.29 is 13.2 Å². The molecule has 0 aliphatic heterocycles. The van der Waals surface area contributed by atoms with Crippen LogP contribution in [0.3, 0.4) is 0 Å². The van der Waals surface area contributed by atoms with Crippen LogP contribution in [0.25, 0.3) is 11.3 Å². The van der Waals surface area contributed by atoms with E-state index in [9.17, 15) is 13.2 Å². The van der Waals surface area contributed by atoms with Crippen molar-refractivity contribution >= 4 is 15.7 Å². The van der Waals surface area contributed by atoms with Crippen LogP contribution in [0.5, 0.6) is 0 Å². The molecule has 0 saturated heterocycles. The summed E-state index contributed by atoms with van der Waals surface area (Å²) in [5.74, 6) is -0.301. The predicted octanol–water partition coefficient (Wildman–Crippen LogP) is 4.42. The van der Waals surface area contributed by atoms with Crippen molar-refractivity contribution in [3.8, 4) is 11.3 Å². The van der Waals surface area contributed by atoms with Crippen LogP contribution >= 0.6 is 0 Å². The highest BCUT2D eigenvalue weighted by Gasteiger charge is 2.18. The summed E-state index contributed by atoms with van der Waals surface area (Å²) < 4.78 is 24.8. The number of carbonyl (C=O) groups is 1. The Balaban J connectivity index is 1.35. The van der Waals surface area contributed by atoms with Gasteiger partial charge in [-0.15, -0.1) is 0 Å². The van der Waals surface area contributed by atoms with Crippen LogP contribution in [-0.2, 0) is 21.1 Å². The van der Waals surface area contributed by atoms with E-state index in [-0.39, 0.29) is 23.0 Å². The van der Waals surface area contributed by atoms with Crippen molar-refractivity contribution in [2.24, 2.45) is 0 Å². The van der Waals surface area contributed by atoms with Gasteiger partial charge in [-0.2, -0.15) is 5.10 Å². The molecule has 7 heteroatoms. The van der Waals surface area contributed by atoms with Crippen LogP contribution in [-0.4, -0.2) is 48.8 Å². The number of hydrogen-bond donors (Lipinski definition) is 1. The Bertz CT molecular complexity index is 1110. The zero-order chi connectivity index (χ0) is 23.0. The maximum absolute atomic E-state index is 12.4. The monoisotopic (exact) mass is 453 g/mol. The average Bonchev–Trinajstić information content (AvgIpc) is 3.27. The number of carbonyl (C=O) groups excluding carboxylic acids is 1. The van der Waals surface area contributed by atoms with Gasteiger partial charge >= 0.3 is 0 Å². The summed E-state index contributed by atoms with van der Waals surface area (Å²) >= 11 is 0. The van der Waals surface area contributed by atoms with Crippen LogP contribution in [0.2, 0.25) is 0 Å². The van der Waals surface area contributed by atoms with E-state index in [0.717, 1.165) is 48.2 Å². The fourth-order valence-electron chi connectivity index (χ4n) is 3.49. The summed E-state index contributed by atoms with van der Waals surface area (Å²) in [4.78, 5) is 14.3. The molecule has 0 spiro atoms. The molecule has 170 valence electrons. The molecule has 2 aromatic carbocycles. The first-order chi connectivity index (χ1) is 15.3. The number of rotatable bonds is 11.